The summed E-state index contributed by atoms with van der Waals surface area (Å²) in [7, 11) is 0. The molecule has 0 saturated heterocycles. The van der Waals surface area contributed by atoms with E-state index in [0.29, 0.717) is 0 Å². The number of hydrogen-bond acceptors (Lipinski definition) is 1. The number of nitrogens with zero attached hydrogens (tertiary/aromatic N) is 1. The van der Waals surface area contributed by atoms with Gasteiger partial charge in [-0.3, -0.25) is 0 Å². The van der Waals surface area contributed by atoms with Gasteiger partial charge in [-0.25, -0.2) is 0 Å². The van der Waals surface area contributed by atoms with Crippen molar-refractivity contribution in [1.82, 2.24) is 0 Å². The molecule has 3 aliphatic rings. The van der Waals surface area contributed by atoms with Crippen molar-refractivity contribution in [3.8, 4) is 33.4 Å². The molecule has 66 heavy (non-hydrogen) atoms. The van der Waals surface area contributed by atoms with Gasteiger partial charge in [-0.1, -0.05) is 212 Å². The molecule has 1 nitrogen and oxygen atoms in total. The van der Waals surface area contributed by atoms with Crippen LogP contribution in [0.15, 0.2) is 249 Å². The predicted octanol–water partition coefficient (Wildman–Crippen LogP) is 16.2. The van der Waals surface area contributed by atoms with Crippen LogP contribution >= 0.6 is 0 Å². The van der Waals surface area contributed by atoms with Crippen LogP contribution in [-0.2, 0) is 16.2 Å². The Balaban J connectivity index is 1.08. The fourth-order valence-corrected chi connectivity index (χ4v) is 12.4. The normalized spacial score (nSPS) is 17.8. The van der Waals surface area contributed by atoms with Gasteiger partial charge in [-0.05, 0) is 139 Å². The third kappa shape index (κ3) is 5.23. The molecular formula is C65H47N. The van der Waals surface area contributed by atoms with E-state index in [2.05, 4.69) is 267 Å². The number of fused-ring (bicyclic) bond motifs is 9. The lowest BCUT2D eigenvalue weighted by Crippen LogP contribution is -2.28. The van der Waals surface area contributed by atoms with Gasteiger partial charge in [0.1, 0.15) is 0 Å². The summed E-state index contributed by atoms with van der Waals surface area (Å²) >= 11 is 0. The Labute approximate surface area is 388 Å². The number of anilines is 3. The topological polar surface area (TPSA) is 3.24 Å². The minimum atomic E-state index is -0.532. The van der Waals surface area contributed by atoms with Gasteiger partial charge in [0.15, 0.2) is 0 Å². The van der Waals surface area contributed by atoms with Gasteiger partial charge in [0.05, 0.1) is 5.41 Å². The summed E-state index contributed by atoms with van der Waals surface area (Å²) in [5, 5.41) is 0. The van der Waals surface area contributed by atoms with Gasteiger partial charge in [0.25, 0.3) is 0 Å². The van der Waals surface area contributed by atoms with Crippen molar-refractivity contribution in [2.24, 2.45) is 0 Å². The maximum atomic E-state index is 2.53. The van der Waals surface area contributed by atoms with E-state index in [9.17, 15) is 0 Å². The van der Waals surface area contributed by atoms with Crippen LogP contribution < -0.4 is 4.90 Å². The summed E-state index contributed by atoms with van der Waals surface area (Å²) in [6, 6.07) is 93.1. The molecule has 10 aromatic rings. The lowest BCUT2D eigenvalue weighted by Gasteiger charge is -2.35. The molecule has 13 rings (SSSR count). The molecular weight excluding hydrogens is 795 g/mol. The van der Waals surface area contributed by atoms with E-state index >= 15 is 0 Å². The van der Waals surface area contributed by atoms with E-state index in [4.69, 9.17) is 0 Å². The SMILES string of the molecule is CC1(c2ccccc2)c2ccccc2-c2cc(N(c3ccc4c(c3)C(C)(c3ccccc3)c3ccccc3-4)c3ccc4c(c3)C(c3ccccc3)(c3ccccc3)c3ccccc3-4)ccc21. The number of hydrogen-bond donors (Lipinski definition) is 0. The van der Waals surface area contributed by atoms with Gasteiger partial charge < -0.3 is 4.90 Å². The summed E-state index contributed by atoms with van der Waals surface area (Å²) in [4.78, 5) is 2.53. The van der Waals surface area contributed by atoms with Crippen LogP contribution in [0.2, 0.25) is 0 Å². The molecule has 0 fully saturated rings. The highest BCUT2D eigenvalue weighted by molar-refractivity contribution is 5.93. The molecule has 0 radical (unpaired) electrons. The van der Waals surface area contributed by atoms with Crippen LogP contribution in [-0.4, -0.2) is 0 Å². The van der Waals surface area contributed by atoms with E-state index in [0.717, 1.165) is 17.1 Å². The third-order valence-corrected chi connectivity index (χ3v) is 15.5. The highest BCUT2D eigenvalue weighted by atomic mass is 15.1. The number of rotatable bonds is 7. The zero-order valence-corrected chi connectivity index (χ0v) is 37.1. The predicted molar refractivity (Wildman–Crippen MR) is 273 cm³/mol. The van der Waals surface area contributed by atoms with Gasteiger partial charge in [0, 0.05) is 27.9 Å². The quantitative estimate of drug-likeness (QED) is 0.155. The summed E-state index contributed by atoms with van der Waals surface area (Å²) in [6.07, 6.45) is 0. The lowest BCUT2D eigenvalue weighted by molar-refractivity contribution is 0.713. The van der Waals surface area contributed by atoms with Crippen molar-refractivity contribution in [3.05, 3.63) is 304 Å². The van der Waals surface area contributed by atoms with Gasteiger partial charge in [-0.15, -0.1) is 0 Å². The van der Waals surface area contributed by atoms with Crippen LogP contribution in [0.25, 0.3) is 33.4 Å². The molecule has 0 N–H and O–H groups in total. The minimum Gasteiger partial charge on any atom is -0.310 e. The molecule has 2 atom stereocenters. The minimum absolute atomic E-state index is 0.294. The van der Waals surface area contributed by atoms with E-state index in [1.807, 2.05) is 0 Å². The Bertz CT molecular complexity index is 3460. The largest absolute Gasteiger partial charge is 0.310 e. The monoisotopic (exact) mass is 841 g/mol. The summed E-state index contributed by atoms with van der Waals surface area (Å²) in [5.74, 6) is 0. The second kappa shape index (κ2) is 14.5. The average molecular weight is 842 g/mol. The Morgan fingerprint density at radius 2 is 0.576 bits per heavy atom. The molecule has 312 valence electrons. The van der Waals surface area contributed by atoms with Gasteiger partial charge >= 0.3 is 0 Å². The molecule has 0 aromatic heterocycles. The van der Waals surface area contributed by atoms with E-state index in [-0.39, 0.29) is 10.8 Å². The number of benzene rings is 10. The van der Waals surface area contributed by atoms with Crippen molar-refractivity contribution in [2.75, 3.05) is 4.90 Å². The molecule has 0 aliphatic heterocycles. The van der Waals surface area contributed by atoms with Crippen LogP contribution in [0.1, 0.15) is 69.5 Å². The molecule has 0 saturated carbocycles. The first-order valence-electron chi connectivity index (χ1n) is 23.3. The van der Waals surface area contributed by atoms with Gasteiger partial charge in [0.2, 0.25) is 0 Å². The van der Waals surface area contributed by atoms with Crippen LogP contribution in [0.3, 0.4) is 0 Å². The Hall–Kier alpha value is -8.00. The first kappa shape index (κ1) is 38.5. The highest BCUT2D eigenvalue weighted by Gasteiger charge is 2.47. The molecule has 0 heterocycles. The summed E-state index contributed by atoms with van der Waals surface area (Å²) in [5.41, 5.74) is 22.9. The molecule has 2 unspecified atom stereocenters. The maximum absolute atomic E-state index is 2.53. The Morgan fingerprint density at radius 1 is 0.242 bits per heavy atom. The van der Waals surface area contributed by atoms with Crippen LogP contribution in [0, 0.1) is 0 Å². The van der Waals surface area contributed by atoms with E-state index in [1.165, 1.54) is 89.0 Å². The fourth-order valence-electron chi connectivity index (χ4n) is 12.4. The standard InChI is InChI=1S/C65H47N/c1-63(44-21-7-3-8-22-44)58-33-19-16-31-53(58)56-41-48(37-40-59(56)63)66(49-35-38-54-51-29-15-18-32-57(51)64(2,61(54)42-49)45-23-9-4-10-24-45)50-36-39-55-52-30-17-20-34-60(52)65(62(55)43-50,46-25-11-5-12-26-46)47-27-13-6-14-28-47/h3-43H,1-2H3. The molecule has 0 bridgehead atoms. The zero-order valence-electron chi connectivity index (χ0n) is 37.1. The van der Waals surface area contributed by atoms with Crippen LogP contribution in [0.4, 0.5) is 17.1 Å². The Morgan fingerprint density at radius 3 is 1.11 bits per heavy atom. The second-order valence-electron chi connectivity index (χ2n) is 18.6. The lowest BCUT2D eigenvalue weighted by atomic mass is 9.67. The molecule has 10 aromatic carbocycles. The Kier molecular flexibility index (Phi) is 8.45. The van der Waals surface area contributed by atoms with Crippen molar-refractivity contribution >= 4 is 17.1 Å². The average Bonchev–Trinajstić information content (AvgIpc) is 3.94. The van der Waals surface area contributed by atoms with Crippen molar-refractivity contribution in [3.63, 3.8) is 0 Å². The first-order chi connectivity index (χ1) is 32.5. The van der Waals surface area contributed by atoms with Crippen molar-refractivity contribution < 1.29 is 0 Å². The molecule has 1 heteroatoms. The third-order valence-electron chi connectivity index (χ3n) is 15.5. The van der Waals surface area contributed by atoms with Crippen molar-refractivity contribution in [2.45, 2.75) is 30.1 Å². The molecule has 3 aliphatic carbocycles. The molecule has 0 spiro atoms. The zero-order chi connectivity index (χ0) is 44.0. The maximum Gasteiger partial charge on any atom is 0.0714 e. The molecule has 0 amide bonds. The first-order valence-corrected chi connectivity index (χ1v) is 23.3. The van der Waals surface area contributed by atoms with E-state index in [1.54, 1.807) is 0 Å². The van der Waals surface area contributed by atoms with E-state index < -0.39 is 5.41 Å². The highest BCUT2D eigenvalue weighted by Crippen LogP contribution is 2.59. The summed E-state index contributed by atoms with van der Waals surface area (Å²) in [6.45, 7) is 4.82. The van der Waals surface area contributed by atoms with Crippen molar-refractivity contribution in [1.29, 1.82) is 0 Å². The van der Waals surface area contributed by atoms with Crippen LogP contribution in [0.5, 0.6) is 0 Å². The summed E-state index contributed by atoms with van der Waals surface area (Å²) < 4.78 is 0. The fraction of sp³-hybridized carbons (Fsp3) is 0.0769. The second-order valence-corrected chi connectivity index (χ2v) is 18.6. The smallest absolute Gasteiger partial charge is 0.0714 e. The van der Waals surface area contributed by atoms with Gasteiger partial charge in [-0.2, -0.15) is 0 Å².